The normalized spacial score (nSPS) is 14.2. The maximum absolute atomic E-state index is 12.1. The van der Waals surface area contributed by atoms with Crippen LogP contribution in [0.1, 0.15) is 23.4 Å². The van der Waals surface area contributed by atoms with Gasteiger partial charge in [-0.05, 0) is 26.0 Å². The number of para-hydroxylation sites is 1. The third kappa shape index (κ3) is 4.04. The first kappa shape index (κ1) is 17.5. The third-order valence-electron chi connectivity index (χ3n) is 4.36. The molecule has 1 saturated heterocycles. The van der Waals surface area contributed by atoms with E-state index in [-0.39, 0.29) is 11.1 Å². The van der Waals surface area contributed by atoms with Crippen LogP contribution in [0.5, 0.6) is 0 Å². The largest absolute Gasteiger partial charge is 0.352 e. The molecule has 1 fully saturated rings. The van der Waals surface area contributed by atoms with E-state index in [0.29, 0.717) is 19.5 Å². The van der Waals surface area contributed by atoms with E-state index in [1.807, 2.05) is 48.9 Å². The van der Waals surface area contributed by atoms with E-state index in [9.17, 15) is 9.59 Å². The number of rotatable bonds is 6. The predicted octanol–water partition coefficient (Wildman–Crippen LogP) is 2.66. The summed E-state index contributed by atoms with van der Waals surface area (Å²) >= 11 is 1.32. The molecular weight excluding hydrogens is 336 g/mol. The van der Waals surface area contributed by atoms with Crippen LogP contribution in [0.25, 0.3) is 5.69 Å². The van der Waals surface area contributed by atoms with Gasteiger partial charge < -0.3 is 10.2 Å². The Bertz CT molecular complexity index is 773. The van der Waals surface area contributed by atoms with E-state index in [1.54, 1.807) is 4.90 Å². The molecule has 6 nitrogen and oxygen atoms in total. The van der Waals surface area contributed by atoms with Crippen molar-refractivity contribution in [2.24, 2.45) is 0 Å². The van der Waals surface area contributed by atoms with Gasteiger partial charge in [0.2, 0.25) is 5.91 Å². The Labute approximate surface area is 151 Å². The molecule has 0 radical (unpaired) electrons. The van der Waals surface area contributed by atoms with E-state index in [0.717, 1.165) is 34.9 Å². The van der Waals surface area contributed by atoms with E-state index >= 15 is 0 Å². The highest BCUT2D eigenvalue weighted by Gasteiger charge is 2.21. The maximum atomic E-state index is 12.1. The topological polar surface area (TPSA) is 67.2 Å². The third-order valence-corrected chi connectivity index (χ3v) is 5.25. The SMILES string of the molecule is Cc1nn(-c2ccccc2)c(C)c1CNC(=O)CCN1CCSC1=O. The summed E-state index contributed by atoms with van der Waals surface area (Å²) in [5.74, 6) is 0.772. The minimum atomic E-state index is -0.0454. The summed E-state index contributed by atoms with van der Waals surface area (Å²) in [5.41, 5.74) is 3.97. The fourth-order valence-corrected chi connectivity index (χ4v) is 3.74. The highest BCUT2D eigenvalue weighted by Crippen LogP contribution is 2.18. The van der Waals surface area contributed by atoms with Crippen molar-refractivity contribution < 1.29 is 9.59 Å². The molecule has 2 aromatic rings. The van der Waals surface area contributed by atoms with Crippen molar-refractivity contribution in [2.45, 2.75) is 26.8 Å². The van der Waals surface area contributed by atoms with Crippen LogP contribution >= 0.6 is 11.8 Å². The zero-order valence-electron chi connectivity index (χ0n) is 14.5. The Morgan fingerprint density at radius 3 is 2.72 bits per heavy atom. The van der Waals surface area contributed by atoms with Crippen LogP contribution in [0.2, 0.25) is 0 Å². The predicted molar refractivity (Wildman–Crippen MR) is 98.9 cm³/mol. The number of amides is 2. The average Bonchev–Trinajstić information content (AvgIpc) is 3.15. The van der Waals surface area contributed by atoms with Gasteiger partial charge in [-0.15, -0.1) is 0 Å². The summed E-state index contributed by atoms with van der Waals surface area (Å²) in [6.07, 6.45) is 0.331. The van der Waals surface area contributed by atoms with Gasteiger partial charge in [-0.3, -0.25) is 9.59 Å². The second-order valence-electron chi connectivity index (χ2n) is 6.02. The molecule has 132 valence electrons. The molecule has 0 atom stereocenters. The Balaban J connectivity index is 1.59. The summed E-state index contributed by atoms with van der Waals surface area (Å²) in [7, 11) is 0. The monoisotopic (exact) mass is 358 g/mol. The quantitative estimate of drug-likeness (QED) is 0.862. The standard InChI is InChI=1S/C18H22N4O2S/c1-13-16(14(2)22(20-13)15-6-4-3-5-7-15)12-19-17(23)8-9-21-10-11-25-18(21)24/h3-7H,8-12H2,1-2H3,(H,19,23). The average molecular weight is 358 g/mol. The molecule has 25 heavy (non-hydrogen) atoms. The van der Waals surface area contributed by atoms with Gasteiger partial charge in [-0.1, -0.05) is 30.0 Å². The van der Waals surface area contributed by atoms with Gasteiger partial charge >= 0.3 is 0 Å². The first-order chi connectivity index (χ1) is 12.1. The molecule has 1 aromatic carbocycles. The molecule has 0 spiro atoms. The minimum absolute atomic E-state index is 0.0454. The van der Waals surface area contributed by atoms with Crippen LogP contribution < -0.4 is 5.32 Å². The molecule has 2 amide bonds. The van der Waals surface area contributed by atoms with Crippen molar-refractivity contribution in [3.8, 4) is 5.69 Å². The van der Waals surface area contributed by atoms with E-state index in [2.05, 4.69) is 10.4 Å². The van der Waals surface area contributed by atoms with Crippen LogP contribution in [0.3, 0.4) is 0 Å². The van der Waals surface area contributed by atoms with Crippen LogP contribution in [0.15, 0.2) is 30.3 Å². The van der Waals surface area contributed by atoms with Crippen molar-refractivity contribution >= 4 is 22.9 Å². The van der Waals surface area contributed by atoms with Gasteiger partial charge in [0.15, 0.2) is 0 Å². The van der Waals surface area contributed by atoms with Crippen molar-refractivity contribution in [2.75, 3.05) is 18.8 Å². The highest BCUT2D eigenvalue weighted by atomic mass is 32.2. The lowest BCUT2D eigenvalue weighted by Crippen LogP contribution is -2.30. The lowest BCUT2D eigenvalue weighted by molar-refractivity contribution is -0.121. The molecule has 0 saturated carbocycles. The summed E-state index contributed by atoms with van der Waals surface area (Å²) in [5, 5.41) is 7.61. The molecule has 0 bridgehead atoms. The summed E-state index contributed by atoms with van der Waals surface area (Å²) in [6.45, 7) is 5.63. The zero-order valence-corrected chi connectivity index (χ0v) is 15.3. The smallest absolute Gasteiger partial charge is 0.281 e. The van der Waals surface area contributed by atoms with Crippen LogP contribution in [0.4, 0.5) is 4.79 Å². The van der Waals surface area contributed by atoms with Crippen molar-refractivity contribution in [3.05, 3.63) is 47.3 Å². The molecule has 2 heterocycles. The number of hydrogen-bond donors (Lipinski definition) is 1. The molecule has 1 N–H and O–H groups in total. The first-order valence-corrected chi connectivity index (χ1v) is 9.33. The number of carbonyl (C=O) groups is 2. The van der Waals surface area contributed by atoms with Gasteiger partial charge in [0, 0.05) is 43.1 Å². The lowest BCUT2D eigenvalue weighted by atomic mass is 10.2. The fraction of sp³-hybridized carbons (Fsp3) is 0.389. The Morgan fingerprint density at radius 1 is 1.28 bits per heavy atom. The fourth-order valence-electron chi connectivity index (χ4n) is 2.89. The second kappa shape index (κ2) is 7.74. The maximum Gasteiger partial charge on any atom is 0.281 e. The number of nitrogens with zero attached hydrogens (tertiary/aromatic N) is 3. The molecular formula is C18H22N4O2S. The number of aromatic nitrogens is 2. The lowest BCUT2D eigenvalue weighted by Gasteiger charge is -2.14. The van der Waals surface area contributed by atoms with E-state index in [4.69, 9.17) is 0 Å². The molecule has 0 aliphatic carbocycles. The van der Waals surface area contributed by atoms with Crippen molar-refractivity contribution in [3.63, 3.8) is 0 Å². The first-order valence-electron chi connectivity index (χ1n) is 8.35. The van der Waals surface area contributed by atoms with Crippen LogP contribution in [-0.4, -0.2) is 44.7 Å². The zero-order chi connectivity index (χ0) is 17.8. The van der Waals surface area contributed by atoms with Gasteiger partial charge in [0.25, 0.3) is 5.24 Å². The number of thioether (sulfide) groups is 1. The Morgan fingerprint density at radius 2 is 2.04 bits per heavy atom. The van der Waals surface area contributed by atoms with Gasteiger partial charge in [0.1, 0.15) is 0 Å². The molecule has 1 aliphatic rings. The second-order valence-corrected chi connectivity index (χ2v) is 7.07. The molecule has 7 heteroatoms. The highest BCUT2D eigenvalue weighted by molar-refractivity contribution is 8.13. The summed E-state index contributed by atoms with van der Waals surface area (Å²) < 4.78 is 1.90. The number of benzene rings is 1. The molecule has 0 unspecified atom stereocenters. The minimum Gasteiger partial charge on any atom is -0.352 e. The van der Waals surface area contributed by atoms with Crippen molar-refractivity contribution in [1.29, 1.82) is 0 Å². The number of nitrogens with one attached hydrogen (secondary N) is 1. The summed E-state index contributed by atoms with van der Waals surface area (Å²) in [4.78, 5) is 25.4. The van der Waals surface area contributed by atoms with Gasteiger partial charge in [0.05, 0.1) is 11.4 Å². The molecule has 3 rings (SSSR count). The molecule has 1 aliphatic heterocycles. The van der Waals surface area contributed by atoms with E-state index in [1.165, 1.54) is 11.8 Å². The summed E-state index contributed by atoms with van der Waals surface area (Å²) in [6, 6.07) is 9.94. The Kier molecular flexibility index (Phi) is 5.43. The number of aryl methyl sites for hydroxylation is 1. The molecule has 1 aromatic heterocycles. The van der Waals surface area contributed by atoms with Gasteiger partial charge in [-0.25, -0.2) is 4.68 Å². The van der Waals surface area contributed by atoms with Crippen molar-refractivity contribution in [1.82, 2.24) is 20.0 Å². The van der Waals surface area contributed by atoms with Crippen LogP contribution in [-0.2, 0) is 11.3 Å². The number of hydrogen-bond acceptors (Lipinski definition) is 4. The van der Waals surface area contributed by atoms with Crippen LogP contribution in [0, 0.1) is 13.8 Å². The Hall–Kier alpha value is -2.28. The van der Waals surface area contributed by atoms with E-state index < -0.39 is 0 Å². The number of carbonyl (C=O) groups excluding carboxylic acids is 2. The van der Waals surface area contributed by atoms with Gasteiger partial charge in [-0.2, -0.15) is 5.10 Å².